The van der Waals surface area contributed by atoms with Gasteiger partial charge in [-0.15, -0.1) is 0 Å². The largest absolute Gasteiger partial charge is 0.497 e. The maximum atomic E-state index is 13.2. The van der Waals surface area contributed by atoms with E-state index in [1.807, 2.05) is 41.3 Å². The van der Waals surface area contributed by atoms with E-state index < -0.39 is 11.5 Å². The normalized spacial score (nSPS) is 32.8. The van der Waals surface area contributed by atoms with E-state index >= 15 is 0 Å². The zero-order chi connectivity index (χ0) is 20.0. The highest BCUT2D eigenvalue weighted by atomic mass is 16.5. The molecular weight excluding hydrogens is 368 g/mol. The number of carbonyl (C=O) groups is 2. The summed E-state index contributed by atoms with van der Waals surface area (Å²) in [7, 11) is 1.64. The molecule has 6 nitrogen and oxygen atoms in total. The minimum atomic E-state index is -0.595. The molecule has 1 aromatic carbocycles. The average molecular weight is 396 g/mol. The Morgan fingerprint density at radius 1 is 1.28 bits per heavy atom. The number of hydrogen-bond acceptors (Lipinski definition) is 4. The molecule has 1 N–H and O–H groups in total. The molecule has 154 valence electrons. The molecule has 1 spiro atoms. The molecule has 1 aliphatic carbocycles. The maximum absolute atomic E-state index is 13.2. The molecule has 1 saturated carbocycles. The number of nitrogens with zero attached hydrogens (tertiary/aromatic N) is 1. The Bertz CT molecular complexity index is 830. The number of fused-ring (bicyclic) bond motifs is 1. The molecule has 3 heterocycles. The third kappa shape index (κ3) is 3.05. The lowest BCUT2D eigenvalue weighted by atomic mass is 9.77. The molecule has 3 fully saturated rings. The first-order valence-electron chi connectivity index (χ1n) is 10.7. The fourth-order valence-corrected chi connectivity index (χ4v) is 5.59. The van der Waals surface area contributed by atoms with Crippen molar-refractivity contribution in [1.82, 2.24) is 10.2 Å². The molecular formula is C23H28N2O4. The van der Waals surface area contributed by atoms with Crippen LogP contribution in [0.3, 0.4) is 0 Å². The summed E-state index contributed by atoms with van der Waals surface area (Å²) in [5.41, 5.74) is 0.540. The van der Waals surface area contributed by atoms with Crippen LogP contribution in [0.1, 0.15) is 31.2 Å². The van der Waals surface area contributed by atoms with Crippen molar-refractivity contribution >= 4 is 11.8 Å². The predicted molar refractivity (Wildman–Crippen MR) is 107 cm³/mol. The standard InChI is InChI=1S/C23H28N2O4/c1-28-17-8-6-15(7-9-17)11-13-24-21(26)19-18-10-12-23(29-18)14-25(22(27)20(19)23)16-4-2-3-5-16/h6-10,12,16,18-20H,2-5,11,13-14H2,1H3,(H,24,26)/t18-,19-,20+,23+/m1/s1. The summed E-state index contributed by atoms with van der Waals surface area (Å²) in [6.45, 7) is 1.14. The second-order valence-electron chi connectivity index (χ2n) is 8.69. The zero-order valence-electron chi connectivity index (χ0n) is 16.8. The number of likely N-dealkylation sites (tertiary alicyclic amines) is 1. The van der Waals surface area contributed by atoms with Gasteiger partial charge in [-0.05, 0) is 37.0 Å². The van der Waals surface area contributed by atoms with Crippen LogP contribution < -0.4 is 10.1 Å². The highest BCUT2D eigenvalue weighted by Crippen LogP contribution is 2.52. The van der Waals surface area contributed by atoms with E-state index in [0.29, 0.717) is 19.1 Å². The van der Waals surface area contributed by atoms with Gasteiger partial charge in [0.25, 0.3) is 0 Å². The Morgan fingerprint density at radius 3 is 2.76 bits per heavy atom. The fraction of sp³-hybridized carbons (Fsp3) is 0.565. The van der Waals surface area contributed by atoms with Crippen molar-refractivity contribution in [2.24, 2.45) is 11.8 Å². The highest BCUT2D eigenvalue weighted by Gasteiger charge is 2.67. The highest BCUT2D eigenvalue weighted by molar-refractivity contribution is 5.93. The first kappa shape index (κ1) is 18.7. The summed E-state index contributed by atoms with van der Waals surface area (Å²) in [5, 5.41) is 3.05. The quantitative estimate of drug-likeness (QED) is 0.748. The number of benzene rings is 1. The minimum Gasteiger partial charge on any atom is -0.497 e. The van der Waals surface area contributed by atoms with Crippen LogP contribution in [0.25, 0.3) is 0 Å². The van der Waals surface area contributed by atoms with Crippen molar-refractivity contribution in [3.05, 3.63) is 42.0 Å². The second kappa shape index (κ2) is 7.17. The topological polar surface area (TPSA) is 67.9 Å². The van der Waals surface area contributed by atoms with Crippen molar-refractivity contribution in [2.75, 3.05) is 20.2 Å². The first-order chi connectivity index (χ1) is 14.1. The summed E-state index contributed by atoms with van der Waals surface area (Å²) >= 11 is 0. The van der Waals surface area contributed by atoms with Crippen LogP contribution in [0.15, 0.2) is 36.4 Å². The van der Waals surface area contributed by atoms with Gasteiger partial charge in [-0.25, -0.2) is 0 Å². The van der Waals surface area contributed by atoms with Crippen LogP contribution in [0.5, 0.6) is 5.75 Å². The van der Waals surface area contributed by atoms with Crippen LogP contribution in [-0.2, 0) is 20.7 Å². The zero-order valence-corrected chi connectivity index (χ0v) is 16.8. The summed E-state index contributed by atoms with van der Waals surface area (Å²) < 4.78 is 11.4. The van der Waals surface area contributed by atoms with E-state index in [2.05, 4.69) is 5.32 Å². The molecule has 2 bridgehead atoms. The average Bonchev–Trinajstić information content (AvgIpc) is 3.50. The van der Waals surface area contributed by atoms with Crippen molar-refractivity contribution in [3.8, 4) is 5.75 Å². The minimum absolute atomic E-state index is 0.0682. The molecule has 3 aliphatic heterocycles. The summed E-state index contributed by atoms with van der Waals surface area (Å²) in [6.07, 6.45) is 8.98. The van der Waals surface area contributed by atoms with Crippen LogP contribution >= 0.6 is 0 Å². The Kier molecular flexibility index (Phi) is 4.62. The van der Waals surface area contributed by atoms with E-state index in [4.69, 9.17) is 9.47 Å². The Balaban J connectivity index is 1.24. The summed E-state index contributed by atoms with van der Waals surface area (Å²) in [4.78, 5) is 28.3. The summed E-state index contributed by atoms with van der Waals surface area (Å²) in [5.74, 6) is 0.0647. The smallest absolute Gasteiger partial charge is 0.230 e. The van der Waals surface area contributed by atoms with Crippen LogP contribution in [0.2, 0.25) is 0 Å². The molecule has 0 aromatic heterocycles. The van der Waals surface area contributed by atoms with Gasteiger partial charge in [0.2, 0.25) is 11.8 Å². The number of rotatable bonds is 6. The van der Waals surface area contributed by atoms with Crippen molar-refractivity contribution < 1.29 is 19.1 Å². The number of ether oxygens (including phenoxy) is 2. The monoisotopic (exact) mass is 396 g/mol. The SMILES string of the molecule is COc1ccc(CCNC(=O)[C@H]2[C@H]3C(=O)N(C4CCCC4)C[C@@]34C=C[C@H]2O4)cc1. The Hall–Kier alpha value is -2.34. The molecule has 5 rings (SSSR count). The number of nitrogens with one attached hydrogen (secondary N) is 1. The maximum Gasteiger partial charge on any atom is 0.230 e. The van der Waals surface area contributed by atoms with E-state index in [1.165, 1.54) is 12.8 Å². The van der Waals surface area contributed by atoms with Crippen molar-refractivity contribution in [1.29, 1.82) is 0 Å². The van der Waals surface area contributed by atoms with Gasteiger partial charge in [-0.3, -0.25) is 9.59 Å². The van der Waals surface area contributed by atoms with Crippen LogP contribution in [0, 0.1) is 11.8 Å². The fourth-order valence-electron chi connectivity index (χ4n) is 5.59. The molecule has 0 radical (unpaired) electrons. The predicted octanol–water partition coefficient (Wildman–Crippen LogP) is 2.08. The number of hydrogen-bond donors (Lipinski definition) is 1. The summed E-state index contributed by atoms with van der Waals surface area (Å²) in [6, 6.07) is 8.17. The van der Waals surface area contributed by atoms with Gasteiger partial charge in [-0.1, -0.05) is 37.1 Å². The van der Waals surface area contributed by atoms with Crippen LogP contribution in [-0.4, -0.2) is 54.7 Å². The van der Waals surface area contributed by atoms with Gasteiger partial charge < -0.3 is 19.7 Å². The lowest BCUT2D eigenvalue weighted by Crippen LogP contribution is -2.45. The molecule has 29 heavy (non-hydrogen) atoms. The van der Waals surface area contributed by atoms with E-state index in [-0.39, 0.29) is 23.8 Å². The van der Waals surface area contributed by atoms with E-state index in [9.17, 15) is 9.59 Å². The number of carbonyl (C=O) groups excluding carboxylic acids is 2. The van der Waals surface area contributed by atoms with Crippen molar-refractivity contribution in [2.45, 2.75) is 49.9 Å². The van der Waals surface area contributed by atoms with Gasteiger partial charge in [0.1, 0.15) is 11.4 Å². The van der Waals surface area contributed by atoms with Crippen molar-refractivity contribution in [3.63, 3.8) is 0 Å². The third-order valence-corrected chi connectivity index (χ3v) is 7.07. The second-order valence-corrected chi connectivity index (χ2v) is 8.69. The molecule has 1 aromatic rings. The lowest BCUT2D eigenvalue weighted by molar-refractivity contribution is -0.138. The van der Waals surface area contributed by atoms with Gasteiger partial charge in [0.15, 0.2) is 0 Å². The van der Waals surface area contributed by atoms with Gasteiger partial charge >= 0.3 is 0 Å². The molecule has 2 amide bonds. The van der Waals surface area contributed by atoms with Gasteiger partial charge in [0, 0.05) is 12.6 Å². The molecule has 2 saturated heterocycles. The molecule has 6 heteroatoms. The lowest BCUT2D eigenvalue weighted by Gasteiger charge is -2.27. The third-order valence-electron chi connectivity index (χ3n) is 7.07. The Morgan fingerprint density at radius 2 is 2.03 bits per heavy atom. The molecule has 0 unspecified atom stereocenters. The number of methoxy groups -OCH3 is 1. The van der Waals surface area contributed by atoms with Crippen LogP contribution in [0.4, 0.5) is 0 Å². The van der Waals surface area contributed by atoms with Gasteiger partial charge in [-0.2, -0.15) is 0 Å². The van der Waals surface area contributed by atoms with E-state index in [1.54, 1.807) is 7.11 Å². The Labute approximate surface area is 171 Å². The number of amides is 2. The molecule has 4 atom stereocenters. The molecule has 4 aliphatic rings. The first-order valence-corrected chi connectivity index (χ1v) is 10.7. The van der Waals surface area contributed by atoms with E-state index in [0.717, 1.165) is 30.6 Å². The van der Waals surface area contributed by atoms with Gasteiger partial charge in [0.05, 0.1) is 31.6 Å².